The maximum atomic E-state index is 11.9. The van der Waals surface area contributed by atoms with E-state index in [9.17, 15) is 9.90 Å². The van der Waals surface area contributed by atoms with E-state index in [0.29, 0.717) is 18.1 Å². The summed E-state index contributed by atoms with van der Waals surface area (Å²) in [6, 6.07) is 7.46. The van der Waals surface area contributed by atoms with Gasteiger partial charge in [0.05, 0.1) is 6.10 Å². The molecule has 1 rings (SSSR count). The minimum atomic E-state index is -0.532. The van der Waals surface area contributed by atoms with Crippen LogP contribution in [-0.2, 0) is 0 Å². The van der Waals surface area contributed by atoms with Gasteiger partial charge in [-0.05, 0) is 30.9 Å². The van der Waals surface area contributed by atoms with E-state index in [4.69, 9.17) is 11.6 Å². The molecule has 4 nitrogen and oxygen atoms in total. The molecule has 0 unspecified atom stereocenters. The molecule has 2 N–H and O–H groups in total. The van der Waals surface area contributed by atoms with Crippen molar-refractivity contribution in [2.75, 3.05) is 26.4 Å². The molecule has 0 aliphatic carbocycles. The van der Waals surface area contributed by atoms with Gasteiger partial charge in [0, 0.05) is 30.4 Å². The number of urea groups is 1. The van der Waals surface area contributed by atoms with Crippen LogP contribution < -0.4 is 5.32 Å². The summed E-state index contributed by atoms with van der Waals surface area (Å²) in [5.41, 5.74) is 1.09. The number of hydrogen-bond acceptors (Lipinski definition) is 3. The first-order valence-electron chi connectivity index (χ1n) is 6.39. The number of aliphatic hydroxyl groups excluding tert-OH is 1. The third-order valence-electron chi connectivity index (χ3n) is 2.83. The average Bonchev–Trinajstić information content (AvgIpc) is 2.38. The van der Waals surface area contributed by atoms with Crippen molar-refractivity contribution in [3.8, 4) is 0 Å². The van der Waals surface area contributed by atoms with Gasteiger partial charge in [-0.15, -0.1) is 0 Å². The number of halogens is 1. The summed E-state index contributed by atoms with van der Waals surface area (Å²) in [7, 11) is 1.66. The van der Waals surface area contributed by atoms with Gasteiger partial charge in [-0.3, -0.25) is 0 Å². The molecule has 1 aromatic carbocycles. The highest BCUT2D eigenvalue weighted by Gasteiger charge is 2.15. The number of carbonyl (C=O) groups excluding carboxylic acids is 1. The largest absolute Gasteiger partial charge is 0.392 e. The molecular weight excluding hydrogens is 296 g/mol. The number of aliphatic hydroxyl groups is 1. The normalized spacial score (nSPS) is 13.7. The number of carbonyl (C=O) groups is 1. The number of benzene rings is 1. The van der Waals surface area contributed by atoms with Crippen LogP contribution in [0.5, 0.6) is 0 Å². The number of thioether (sulfide) groups is 1. The van der Waals surface area contributed by atoms with Gasteiger partial charge >= 0.3 is 6.03 Å². The van der Waals surface area contributed by atoms with Gasteiger partial charge in [-0.25, -0.2) is 4.79 Å². The van der Waals surface area contributed by atoms with Crippen molar-refractivity contribution >= 4 is 29.4 Å². The summed E-state index contributed by atoms with van der Waals surface area (Å²) in [5.74, 6) is 0. The predicted octanol–water partition coefficient (Wildman–Crippen LogP) is 2.77. The van der Waals surface area contributed by atoms with Crippen molar-refractivity contribution < 1.29 is 9.90 Å². The molecule has 0 heterocycles. The van der Waals surface area contributed by atoms with Crippen LogP contribution in [0.3, 0.4) is 0 Å². The Hall–Kier alpha value is -0.910. The van der Waals surface area contributed by atoms with Crippen molar-refractivity contribution in [3.05, 3.63) is 34.9 Å². The van der Waals surface area contributed by atoms with Crippen LogP contribution in [0.2, 0.25) is 5.02 Å². The molecule has 112 valence electrons. The number of rotatable bonds is 6. The van der Waals surface area contributed by atoms with E-state index in [-0.39, 0.29) is 11.3 Å². The van der Waals surface area contributed by atoms with Gasteiger partial charge in [-0.2, -0.15) is 11.8 Å². The lowest BCUT2D eigenvalue weighted by atomic mass is 10.1. The molecule has 0 saturated carbocycles. The monoisotopic (exact) mass is 316 g/mol. The molecule has 0 aliphatic rings. The minimum absolute atomic E-state index is 0.151. The second kappa shape index (κ2) is 8.39. The van der Waals surface area contributed by atoms with Crippen molar-refractivity contribution in [1.82, 2.24) is 10.2 Å². The average molecular weight is 317 g/mol. The molecule has 0 fully saturated rings. The smallest absolute Gasteiger partial charge is 0.317 e. The van der Waals surface area contributed by atoms with Gasteiger partial charge in [0.2, 0.25) is 0 Å². The zero-order chi connectivity index (χ0) is 15.1. The Balaban J connectivity index is 2.55. The second-order valence-electron chi connectivity index (χ2n) is 4.69. The number of hydrogen-bond donors (Lipinski definition) is 2. The molecule has 2 atom stereocenters. The summed E-state index contributed by atoms with van der Waals surface area (Å²) >= 11 is 7.64. The summed E-state index contributed by atoms with van der Waals surface area (Å²) in [4.78, 5) is 13.3. The lowest BCUT2D eigenvalue weighted by Crippen LogP contribution is -2.41. The van der Waals surface area contributed by atoms with Crippen LogP contribution >= 0.6 is 23.4 Å². The number of likely N-dealkylation sites (N-methyl/N-ethyl adjacent to an activating group) is 1. The molecular formula is C14H21ClN2O2S. The second-order valence-corrected chi connectivity index (χ2v) is 6.17. The summed E-state index contributed by atoms with van der Waals surface area (Å²) in [6.07, 6.45) is 1.46. The van der Waals surface area contributed by atoms with E-state index >= 15 is 0 Å². The van der Waals surface area contributed by atoms with E-state index in [1.54, 1.807) is 25.7 Å². The molecule has 0 aliphatic heterocycles. The highest BCUT2D eigenvalue weighted by Crippen LogP contribution is 2.27. The SMILES string of the molecule is CS[C@@H](CNC(=O)N(C)C[C@H](C)O)c1cccc(Cl)c1. The lowest BCUT2D eigenvalue weighted by Gasteiger charge is -2.22. The molecule has 0 spiro atoms. The topological polar surface area (TPSA) is 52.6 Å². The Morgan fingerprint density at radius 3 is 2.80 bits per heavy atom. The highest BCUT2D eigenvalue weighted by molar-refractivity contribution is 7.98. The van der Waals surface area contributed by atoms with E-state index in [1.807, 2.05) is 30.5 Å². The molecule has 20 heavy (non-hydrogen) atoms. The van der Waals surface area contributed by atoms with Crippen LogP contribution in [0.15, 0.2) is 24.3 Å². The quantitative estimate of drug-likeness (QED) is 0.848. The number of amides is 2. The van der Waals surface area contributed by atoms with Crippen molar-refractivity contribution in [3.63, 3.8) is 0 Å². The maximum Gasteiger partial charge on any atom is 0.317 e. The Morgan fingerprint density at radius 2 is 2.25 bits per heavy atom. The van der Waals surface area contributed by atoms with Crippen LogP contribution in [0.1, 0.15) is 17.7 Å². The molecule has 0 radical (unpaired) electrons. The first kappa shape index (κ1) is 17.1. The van der Waals surface area contributed by atoms with E-state index in [1.165, 1.54) is 4.90 Å². The predicted molar refractivity (Wildman–Crippen MR) is 85.4 cm³/mol. The maximum absolute atomic E-state index is 11.9. The standard InChI is InChI=1S/C14H21ClN2O2S/c1-10(18)9-17(2)14(19)16-8-13(20-3)11-5-4-6-12(15)7-11/h4-7,10,13,18H,8-9H2,1-3H3,(H,16,19)/t10-,13-/m0/s1. The molecule has 1 aromatic rings. The Bertz CT molecular complexity index is 443. The fourth-order valence-corrected chi connectivity index (χ4v) is 2.71. The van der Waals surface area contributed by atoms with Gasteiger partial charge < -0.3 is 15.3 Å². The first-order chi connectivity index (χ1) is 9.43. The van der Waals surface area contributed by atoms with Crippen LogP contribution in [0.4, 0.5) is 4.79 Å². The van der Waals surface area contributed by atoms with Gasteiger partial charge in [-0.1, -0.05) is 23.7 Å². The third-order valence-corrected chi connectivity index (χ3v) is 4.07. The van der Waals surface area contributed by atoms with Crippen molar-refractivity contribution in [2.24, 2.45) is 0 Å². The zero-order valence-electron chi connectivity index (χ0n) is 12.0. The molecule has 0 aromatic heterocycles. The molecule has 0 saturated heterocycles. The van der Waals surface area contributed by atoms with Crippen molar-refractivity contribution in [2.45, 2.75) is 18.3 Å². The van der Waals surface area contributed by atoms with E-state index < -0.39 is 6.10 Å². The van der Waals surface area contributed by atoms with Crippen molar-refractivity contribution in [1.29, 1.82) is 0 Å². The summed E-state index contributed by atoms with van der Waals surface area (Å²) in [6.45, 7) is 2.48. The Kier molecular flexibility index (Phi) is 7.19. The molecule has 2 amide bonds. The van der Waals surface area contributed by atoms with Gasteiger partial charge in [0.1, 0.15) is 0 Å². The Labute approximate surface area is 129 Å². The van der Waals surface area contributed by atoms with E-state index in [0.717, 1.165) is 5.56 Å². The minimum Gasteiger partial charge on any atom is -0.392 e. The molecule has 0 bridgehead atoms. The highest BCUT2D eigenvalue weighted by atomic mass is 35.5. The molecule has 6 heteroatoms. The lowest BCUT2D eigenvalue weighted by molar-refractivity contribution is 0.144. The first-order valence-corrected chi connectivity index (χ1v) is 8.06. The van der Waals surface area contributed by atoms with Crippen LogP contribution in [0.25, 0.3) is 0 Å². The fourth-order valence-electron chi connectivity index (χ4n) is 1.84. The van der Waals surface area contributed by atoms with Crippen LogP contribution in [-0.4, -0.2) is 48.5 Å². The Morgan fingerprint density at radius 1 is 1.55 bits per heavy atom. The van der Waals surface area contributed by atoms with Gasteiger partial charge in [0.15, 0.2) is 0 Å². The van der Waals surface area contributed by atoms with E-state index in [2.05, 4.69) is 5.32 Å². The number of nitrogens with one attached hydrogen (secondary N) is 1. The zero-order valence-corrected chi connectivity index (χ0v) is 13.5. The summed E-state index contributed by atoms with van der Waals surface area (Å²) in [5, 5.41) is 13.0. The number of nitrogens with zero attached hydrogens (tertiary/aromatic N) is 1. The van der Waals surface area contributed by atoms with Crippen LogP contribution in [0, 0.1) is 0 Å². The third kappa shape index (κ3) is 5.61. The fraction of sp³-hybridized carbons (Fsp3) is 0.500. The van der Waals surface area contributed by atoms with Gasteiger partial charge in [0.25, 0.3) is 0 Å². The summed E-state index contributed by atoms with van der Waals surface area (Å²) < 4.78 is 0.